The van der Waals surface area contributed by atoms with Crippen molar-refractivity contribution in [3.63, 3.8) is 0 Å². The van der Waals surface area contributed by atoms with E-state index >= 15 is 0 Å². The normalized spacial score (nSPS) is 11.0. The molecule has 0 atom stereocenters. The van der Waals surface area contributed by atoms with Gasteiger partial charge >= 0.3 is 0 Å². The summed E-state index contributed by atoms with van der Waals surface area (Å²) in [5.74, 6) is 0. The van der Waals surface area contributed by atoms with E-state index in [4.69, 9.17) is 0 Å². The van der Waals surface area contributed by atoms with Crippen LogP contribution in [-0.2, 0) is 6.54 Å². The van der Waals surface area contributed by atoms with Crippen molar-refractivity contribution in [3.05, 3.63) is 83.9 Å². The van der Waals surface area contributed by atoms with Gasteiger partial charge in [-0.15, -0.1) is 11.3 Å². The van der Waals surface area contributed by atoms with Crippen LogP contribution in [0.1, 0.15) is 5.56 Å². The number of aromatic nitrogens is 1. The highest BCUT2D eigenvalue weighted by Crippen LogP contribution is 2.28. The standard InChI is InChI=1S/C19H15NS/c1-2-5-15(6-3-1)14-20-11-10-16-13-17(8-9-18(16)20)19-7-4-12-21-19/h1-13H,14H2. The van der Waals surface area contributed by atoms with Crippen molar-refractivity contribution in [2.75, 3.05) is 0 Å². The van der Waals surface area contributed by atoms with Gasteiger partial charge in [0.1, 0.15) is 0 Å². The Kier molecular flexibility index (Phi) is 3.09. The molecule has 21 heavy (non-hydrogen) atoms. The van der Waals surface area contributed by atoms with E-state index in [1.165, 1.54) is 26.9 Å². The Morgan fingerprint density at radius 3 is 2.57 bits per heavy atom. The number of hydrogen-bond donors (Lipinski definition) is 0. The number of thiophene rings is 1. The zero-order valence-corrected chi connectivity index (χ0v) is 12.4. The van der Waals surface area contributed by atoms with E-state index in [0.29, 0.717) is 0 Å². The summed E-state index contributed by atoms with van der Waals surface area (Å²) < 4.78 is 2.31. The van der Waals surface area contributed by atoms with Gasteiger partial charge in [-0.05, 0) is 40.8 Å². The van der Waals surface area contributed by atoms with Crippen LogP contribution in [0.2, 0.25) is 0 Å². The highest BCUT2D eigenvalue weighted by atomic mass is 32.1. The summed E-state index contributed by atoms with van der Waals surface area (Å²) in [7, 11) is 0. The fraction of sp³-hybridized carbons (Fsp3) is 0.0526. The van der Waals surface area contributed by atoms with Crippen LogP contribution < -0.4 is 0 Å². The van der Waals surface area contributed by atoms with Crippen LogP contribution in [0.25, 0.3) is 21.3 Å². The molecule has 0 aliphatic heterocycles. The second-order valence-corrected chi connectivity index (χ2v) is 6.13. The van der Waals surface area contributed by atoms with Gasteiger partial charge in [-0.2, -0.15) is 0 Å². The molecule has 0 spiro atoms. The molecule has 0 fully saturated rings. The smallest absolute Gasteiger partial charge is 0.0483 e. The van der Waals surface area contributed by atoms with E-state index in [9.17, 15) is 0 Å². The highest BCUT2D eigenvalue weighted by Gasteiger charge is 2.05. The molecule has 2 heteroatoms. The number of nitrogens with zero attached hydrogens (tertiary/aromatic N) is 1. The minimum absolute atomic E-state index is 0.919. The predicted molar refractivity (Wildman–Crippen MR) is 90.8 cm³/mol. The first kappa shape index (κ1) is 12.4. The van der Waals surface area contributed by atoms with Gasteiger partial charge < -0.3 is 4.57 Å². The van der Waals surface area contributed by atoms with Crippen molar-refractivity contribution in [2.45, 2.75) is 6.54 Å². The fourth-order valence-electron chi connectivity index (χ4n) is 2.71. The molecule has 0 saturated carbocycles. The van der Waals surface area contributed by atoms with Crippen molar-refractivity contribution >= 4 is 22.2 Å². The van der Waals surface area contributed by atoms with E-state index in [2.05, 4.69) is 82.9 Å². The first-order valence-electron chi connectivity index (χ1n) is 7.07. The van der Waals surface area contributed by atoms with E-state index in [1.54, 1.807) is 11.3 Å². The largest absolute Gasteiger partial charge is 0.343 e. The highest BCUT2D eigenvalue weighted by molar-refractivity contribution is 7.13. The van der Waals surface area contributed by atoms with Crippen molar-refractivity contribution in [1.29, 1.82) is 0 Å². The molecule has 0 unspecified atom stereocenters. The van der Waals surface area contributed by atoms with Gasteiger partial charge in [-0.25, -0.2) is 0 Å². The number of rotatable bonds is 3. The number of hydrogen-bond acceptors (Lipinski definition) is 1. The molecule has 2 aromatic heterocycles. The van der Waals surface area contributed by atoms with Crippen molar-refractivity contribution in [3.8, 4) is 10.4 Å². The second-order valence-electron chi connectivity index (χ2n) is 5.18. The van der Waals surface area contributed by atoms with Crippen LogP contribution >= 0.6 is 11.3 Å². The summed E-state index contributed by atoms with van der Waals surface area (Å²) >= 11 is 1.79. The molecule has 102 valence electrons. The lowest BCUT2D eigenvalue weighted by molar-refractivity contribution is 0.837. The Bertz CT molecular complexity index is 857. The quantitative estimate of drug-likeness (QED) is 0.474. The molecule has 4 rings (SSSR count). The molecule has 0 saturated heterocycles. The van der Waals surface area contributed by atoms with Crippen LogP contribution in [-0.4, -0.2) is 4.57 Å². The third-order valence-electron chi connectivity index (χ3n) is 3.77. The predicted octanol–water partition coefficient (Wildman–Crippen LogP) is 5.42. The monoisotopic (exact) mass is 289 g/mol. The SMILES string of the molecule is c1ccc(Cn2ccc3cc(-c4cccs4)ccc32)cc1. The van der Waals surface area contributed by atoms with Gasteiger partial charge in [0.25, 0.3) is 0 Å². The molecule has 0 aliphatic carbocycles. The minimum atomic E-state index is 0.919. The summed E-state index contributed by atoms with van der Waals surface area (Å²) in [6, 6.07) is 23.8. The summed E-state index contributed by atoms with van der Waals surface area (Å²) in [4.78, 5) is 1.33. The summed E-state index contributed by atoms with van der Waals surface area (Å²) in [6.45, 7) is 0.919. The van der Waals surface area contributed by atoms with Gasteiger partial charge in [-0.1, -0.05) is 42.5 Å². The Morgan fingerprint density at radius 1 is 0.857 bits per heavy atom. The molecule has 0 amide bonds. The minimum Gasteiger partial charge on any atom is -0.343 e. The van der Waals surface area contributed by atoms with E-state index < -0.39 is 0 Å². The lowest BCUT2D eigenvalue weighted by Gasteiger charge is -2.06. The zero-order chi connectivity index (χ0) is 14.1. The molecule has 0 aliphatic rings. The van der Waals surface area contributed by atoms with Gasteiger partial charge in [-0.3, -0.25) is 0 Å². The van der Waals surface area contributed by atoms with Crippen LogP contribution in [0.3, 0.4) is 0 Å². The third kappa shape index (κ3) is 2.39. The fourth-order valence-corrected chi connectivity index (χ4v) is 3.44. The number of benzene rings is 2. The average Bonchev–Trinajstić information content (AvgIpc) is 3.18. The van der Waals surface area contributed by atoms with Crippen LogP contribution in [0.15, 0.2) is 78.3 Å². The molecular formula is C19H15NS. The summed E-state index contributed by atoms with van der Waals surface area (Å²) in [5.41, 5.74) is 3.92. The molecule has 2 aromatic carbocycles. The lowest BCUT2D eigenvalue weighted by Crippen LogP contribution is -1.97. The maximum atomic E-state index is 2.31. The van der Waals surface area contributed by atoms with Gasteiger partial charge in [0, 0.05) is 28.5 Å². The summed E-state index contributed by atoms with van der Waals surface area (Å²) in [6.07, 6.45) is 2.18. The molecule has 0 N–H and O–H groups in total. The summed E-state index contributed by atoms with van der Waals surface area (Å²) in [5, 5.41) is 3.43. The zero-order valence-electron chi connectivity index (χ0n) is 11.6. The second kappa shape index (κ2) is 5.23. The number of fused-ring (bicyclic) bond motifs is 1. The molecule has 0 radical (unpaired) electrons. The van der Waals surface area contributed by atoms with Crippen LogP contribution in [0, 0.1) is 0 Å². The van der Waals surface area contributed by atoms with E-state index in [0.717, 1.165) is 6.54 Å². The van der Waals surface area contributed by atoms with Crippen molar-refractivity contribution in [1.82, 2.24) is 4.57 Å². The van der Waals surface area contributed by atoms with Crippen LogP contribution in [0.4, 0.5) is 0 Å². The van der Waals surface area contributed by atoms with Crippen molar-refractivity contribution in [2.24, 2.45) is 0 Å². The average molecular weight is 289 g/mol. The molecule has 2 heterocycles. The Labute approximate surface area is 128 Å². The lowest BCUT2D eigenvalue weighted by atomic mass is 10.1. The van der Waals surface area contributed by atoms with E-state index in [-0.39, 0.29) is 0 Å². The molecule has 1 nitrogen and oxygen atoms in total. The van der Waals surface area contributed by atoms with Crippen LogP contribution in [0.5, 0.6) is 0 Å². The Hall–Kier alpha value is -2.32. The van der Waals surface area contributed by atoms with E-state index in [1.807, 2.05) is 0 Å². The first-order valence-corrected chi connectivity index (χ1v) is 7.95. The maximum Gasteiger partial charge on any atom is 0.0483 e. The molecule has 4 aromatic rings. The molecule has 0 bridgehead atoms. The van der Waals surface area contributed by atoms with Gasteiger partial charge in [0.05, 0.1) is 0 Å². The maximum absolute atomic E-state index is 2.31. The van der Waals surface area contributed by atoms with Gasteiger partial charge in [0.15, 0.2) is 0 Å². The Balaban J connectivity index is 1.72. The molecular weight excluding hydrogens is 274 g/mol. The third-order valence-corrected chi connectivity index (χ3v) is 4.69. The van der Waals surface area contributed by atoms with Crippen molar-refractivity contribution < 1.29 is 0 Å². The first-order chi connectivity index (χ1) is 10.4. The Morgan fingerprint density at radius 2 is 1.76 bits per heavy atom. The topological polar surface area (TPSA) is 4.93 Å². The van der Waals surface area contributed by atoms with Gasteiger partial charge in [0.2, 0.25) is 0 Å².